The average molecular weight is 266 g/mol. The van der Waals surface area contributed by atoms with Crippen molar-refractivity contribution in [2.75, 3.05) is 0 Å². The molecule has 0 bridgehead atoms. The minimum absolute atomic E-state index is 0.471. The Morgan fingerprint density at radius 2 is 1.75 bits per heavy atom. The Bertz CT molecular complexity index is 748. The van der Waals surface area contributed by atoms with Gasteiger partial charge in [0.2, 0.25) is 0 Å². The van der Waals surface area contributed by atoms with Crippen LogP contribution in [0.15, 0.2) is 60.8 Å². The minimum atomic E-state index is -0.493. The zero-order chi connectivity index (χ0) is 13.9. The fourth-order valence-corrected chi connectivity index (χ4v) is 2.40. The van der Waals surface area contributed by atoms with Gasteiger partial charge in [0.15, 0.2) is 0 Å². The number of para-hydroxylation sites is 1. The summed E-state index contributed by atoms with van der Waals surface area (Å²) >= 11 is 0. The molecule has 0 fully saturated rings. The van der Waals surface area contributed by atoms with Gasteiger partial charge < -0.3 is 4.57 Å². The van der Waals surface area contributed by atoms with Gasteiger partial charge in [-0.15, -0.1) is 0 Å². The van der Waals surface area contributed by atoms with Gasteiger partial charge in [-0.2, -0.15) is 0 Å². The molecular formula is C16H14N2O2. The van der Waals surface area contributed by atoms with Gasteiger partial charge in [-0.1, -0.05) is 48.5 Å². The van der Waals surface area contributed by atoms with Crippen LogP contribution in [0.2, 0.25) is 0 Å². The molecule has 1 aromatic heterocycles. The molecule has 2 aromatic carbocycles. The molecule has 4 heteroatoms. The lowest BCUT2D eigenvalue weighted by atomic mass is 10.2. The summed E-state index contributed by atoms with van der Waals surface area (Å²) in [5.41, 5.74) is 4.29. The predicted molar refractivity (Wildman–Crippen MR) is 76.7 cm³/mol. The van der Waals surface area contributed by atoms with Crippen molar-refractivity contribution in [2.24, 2.45) is 0 Å². The lowest BCUT2D eigenvalue weighted by Gasteiger charge is -2.05. The second-order valence-corrected chi connectivity index (χ2v) is 4.61. The molecule has 2 N–H and O–H groups in total. The van der Waals surface area contributed by atoms with Gasteiger partial charge in [-0.3, -0.25) is 10.0 Å². The number of carbonyl (C=O) groups excluding carboxylic acids is 1. The number of nitrogens with one attached hydrogen (secondary N) is 1. The highest BCUT2D eigenvalue weighted by molar-refractivity contribution is 6.06. The largest absolute Gasteiger partial charge is 0.342 e. The summed E-state index contributed by atoms with van der Waals surface area (Å²) in [7, 11) is 0. The number of benzene rings is 2. The number of hydroxylamine groups is 1. The molecule has 1 heterocycles. The van der Waals surface area contributed by atoms with E-state index >= 15 is 0 Å². The van der Waals surface area contributed by atoms with Crippen molar-refractivity contribution in [3.05, 3.63) is 71.9 Å². The molecule has 0 atom stereocenters. The molecular weight excluding hydrogens is 252 g/mol. The summed E-state index contributed by atoms with van der Waals surface area (Å²) in [4.78, 5) is 11.7. The SMILES string of the molecule is O=C(NO)c1cn(Cc2ccccc2)c2ccccc12. The van der Waals surface area contributed by atoms with Crippen LogP contribution in [0.1, 0.15) is 15.9 Å². The molecule has 100 valence electrons. The first-order chi connectivity index (χ1) is 9.79. The van der Waals surface area contributed by atoms with E-state index in [1.54, 1.807) is 11.7 Å². The molecule has 20 heavy (non-hydrogen) atoms. The molecule has 0 aliphatic heterocycles. The van der Waals surface area contributed by atoms with Gasteiger partial charge in [0.25, 0.3) is 5.91 Å². The molecule has 0 spiro atoms. The first kappa shape index (κ1) is 12.4. The average Bonchev–Trinajstić information content (AvgIpc) is 2.87. The third-order valence-corrected chi connectivity index (χ3v) is 3.33. The topological polar surface area (TPSA) is 54.3 Å². The lowest BCUT2D eigenvalue weighted by Crippen LogP contribution is -2.18. The molecule has 1 amide bonds. The van der Waals surface area contributed by atoms with E-state index in [0.717, 1.165) is 16.5 Å². The normalized spacial score (nSPS) is 10.7. The molecule has 0 saturated carbocycles. The molecule has 0 unspecified atom stereocenters. The Kier molecular flexibility index (Phi) is 3.23. The van der Waals surface area contributed by atoms with Crippen LogP contribution in [-0.4, -0.2) is 15.7 Å². The molecule has 3 rings (SSSR count). The maximum atomic E-state index is 11.7. The van der Waals surface area contributed by atoms with E-state index in [0.29, 0.717) is 12.1 Å². The monoisotopic (exact) mass is 266 g/mol. The molecule has 0 aliphatic carbocycles. The van der Waals surface area contributed by atoms with Crippen LogP contribution in [0.25, 0.3) is 10.9 Å². The number of fused-ring (bicyclic) bond motifs is 1. The van der Waals surface area contributed by atoms with Crippen LogP contribution in [0.5, 0.6) is 0 Å². The number of amides is 1. The van der Waals surface area contributed by atoms with Crippen molar-refractivity contribution >= 4 is 16.8 Å². The third kappa shape index (κ3) is 2.17. The summed E-state index contributed by atoms with van der Waals surface area (Å²) in [5, 5.41) is 9.67. The highest BCUT2D eigenvalue weighted by atomic mass is 16.5. The van der Waals surface area contributed by atoms with Crippen molar-refractivity contribution in [3.8, 4) is 0 Å². The summed E-state index contributed by atoms with van der Waals surface area (Å²) < 4.78 is 2.01. The van der Waals surface area contributed by atoms with Gasteiger partial charge >= 0.3 is 0 Å². The van der Waals surface area contributed by atoms with E-state index in [9.17, 15) is 4.79 Å². The van der Waals surface area contributed by atoms with E-state index in [-0.39, 0.29) is 0 Å². The highest BCUT2D eigenvalue weighted by Gasteiger charge is 2.14. The van der Waals surface area contributed by atoms with Crippen molar-refractivity contribution in [2.45, 2.75) is 6.54 Å². The first-order valence-corrected chi connectivity index (χ1v) is 6.36. The second kappa shape index (κ2) is 5.19. The van der Waals surface area contributed by atoms with Gasteiger partial charge in [-0.05, 0) is 11.6 Å². The number of nitrogens with zero attached hydrogens (tertiary/aromatic N) is 1. The number of aromatic nitrogens is 1. The van der Waals surface area contributed by atoms with Gasteiger partial charge in [-0.25, -0.2) is 5.48 Å². The van der Waals surface area contributed by atoms with Crippen molar-refractivity contribution in [1.29, 1.82) is 0 Å². The fraction of sp³-hybridized carbons (Fsp3) is 0.0625. The van der Waals surface area contributed by atoms with Crippen molar-refractivity contribution in [1.82, 2.24) is 10.0 Å². The Morgan fingerprint density at radius 1 is 1.05 bits per heavy atom. The van der Waals surface area contributed by atoms with Crippen molar-refractivity contribution < 1.29 is 10.0 Å². The van der Waals surface area contributed by atoms with Gasteiger partial charge in [0.05, 0.1) is 5.56 Å². The third-order valence-electron chi connectivity index (χ3n) is 3.33. The number of carbonyl (C=O) groups is 1. The highest BCUT2D eigenvalue weighted by Crippen LogP contribution is 2.22. The summed E-state index contributed by atoms with van der Waals surface area (Å²) in [6, 6.07) is 17.7. The molecule has 3 aromatic rings. The summed E-state index contributed by atoms with van der Waals surface area (Å²) in [6.45, 7) is 0.681. The van der Waals surface area contributed by atoms with E-state index in [1.807, 2.05) is 59.2 Å². The van der Waals surface area contributed by atoms with Crippen LogP contribution in [0.3, 0.4) is 0 Å². The lowest BCUT2D eigenvalue weighted by molar-refractivity contribution is 0.0708. The van der Waals surface area contributed by atoms with E-state index < -0.39 is 5.91 Å². The summed E-state index contributed by atoms with van der Waals surface area (Å²) in [5.74, 6) is -0.493. The molecule has 0 radical (unpaired) electrons. The smallest absolute Gasteiger partial charge is 0.276 e. The van der Waals surface area contributed by atoms with Gasteiger partial charge in [0.1, 0.15) is 0 Å². The Labute approximate surface area is 116 Å². The zero-order valence-electron chi connectivity index (χ0n) is 10.8. The molecule has 0 saturated heterocycles. The maximum absolute atomic E-state index is 11.7. The molecule has 0 aliphatic rings. The minimum Gasteiger partial charge on any atom is -0.342 e. The van der Waals surface area contributed by atoms with Crippen molar-refractivity contribution in [3.63, 3.8) is 0 Å². The van der Waals surface area contributed by atoms with Crippen LogP contribution in [0.4, 0.5) is 0 Å². The Hall–Kier alpha value is -2.59. The van der Waals surface area contributed by atoms with Crippen LogP contribution >= 0.6 is 0 Å². The zero-order valence-corrected chi connectivity index (χ0v) is 10.8. The van der Waals surface area contributed by atoms with E-state index in [1.165, 1.54) is 0 Å². The van der Waals surface area contributed by atoms with E-state index in [2.05, 4.69) is 0 Å². The van der Waals surface area contributed by atoms with Crippen LogP contribution < -0.4 is 5.48 Å². The fourth-order valence-electron chi connectivity index (χ4n) is 2.40. The number of rotatable bonds is 3. The van der Waals surface area contributed by atoms with Crippen LogP contribution in [0, 0.1) is 0 Å². The second-order valence-electron chi connectivity index (χ2n) is 4.61. The maximum Gasteiger partial charge on any atom is 0.276 e. The standard InChI is InChI=1S/C16H14N2O2/c19-16(17-20)14-11-18(10-12-6-2-1-3-7-12)15-9-5-4-8-13(14)15/h1-9,11,20H,10H2,(H,17,19). The molecule has 4 nitrogen and oxygen atoms in total. The Morgan fingerprint density at radius 3 is 2.50 bits per heavy atom. The van der Waals surface area contributed by atoms with Gasteiger partial charge in [0, 0.05) is 23.6 Å². The number of hydrogen-bond donors (Lipinski definition) is 2. The predicted octanol–water partition coefficient (Wildman–Crippen LogP) is 2.81. The number of hydrogen-bond acceptors (Lipinski definition) is 2. The van der Waals surface area contributed by atoms with E-state index in [4.69, 9.17) is 5.21 Å². The quantitative estimate of drug-likeness (QED) is 0.565. The summed E-state index contributed by atoms with van der Waals surface area (Å²) in [6.07, 6.45) is 1.77. The Balaban J connectivity index is 2.09. The first-order valence-electron chi connectivity index (χ1n) is 6.36. The van der Waals surface area contributed by atoms with Crippen LogP contribution in [-0.2, 0) is 6.54 Å².